The van der Waals surface area contributed by atoms with E-state index in [0.29, 0.717) is 16.5 Å². The number of benzene rings is 3. The number of ether oxygens (including phenoxy) is 1. The molecule has 1 heterocycles. The molecule has 0 saturated carbocycles. The predicted octanol–water partition coefficient (Wildman–Crippen LogP) is 5.10. The largest absolute Gasteiger partial charge is 0.495 e. The lowest BCUT2D eigenvalue weighted by atomic mass is 9.54. The lowest BCUT2D eigenvalue weighted by molar-refractivity contribution is -0.122. The van der Waals surface area contributed by atoms with E-state index >= 15 is 0 Å². The molecule has 3 aromatic rings. The van der Waals surface area contributed by atoms with Crippen LogP contribution in [0, 0.1) is 11.8 Å². The molecule has 0 unspecified atom stereocenters. The summed E-state index contributed by atoms with van der Waals surface area (Å²) in [5, 5.41) is 0.418. The number of methoxy groups -OCH3 is 1. The quantitative estimate of drug-likeness (QED) is 0.404. The summed E-state index contributed by atoms with van der Waals surface area (Å²) in [6.07, 6.45) is 0. The molecule has 2 amide bonds. The smallest absolute Gasteiger partial charge is 0.240 e. The lowest BCUT2D eigenvalue weighted by Gasteiger charge is -2.50. The average molecular weight is 450 g/mol. The third-order valence-electron chi connectivity index (χ3n) is 6.90. The molecule has 4 aliphatic rings. The van der Waals surface area contributed by atoms with E-state index < -0.39 is 16.7 Å². The molecule has 3 aliphatic carbocycles. The Labute approximate surface area is 189 Å². The van der Waals surface area contributed by atoms with E-state index in [1.54, 1.807) is 18.2 Å². The fraction of sp³-hybridized carbons (Fsp3) is 0.200. The van der Waals surface area contributed by atoms with Crippen LogP contribution in [0.1, 0.15) is 28.2 Å². The summed E-state index contributed by atoms with van der Waals surface area (Å²) in [6, 6.07) is 20.7. The normalized spacial score (nSPS) is 27.7. The van der Waals surface area contributed by atoms with Gasteiger partial charge in [0.05, 0.1) is 24.6 Å². The maximum atomic E-state index is 13.9. The van der Waals surface area contributed by atoms with Gasteiger partial charge < -0.3 is 4.74 Å². The van der Waals surface area contributed by atoms with E-state index in [1.807, 2.05) is 48.5 Å². The second-order valence-electron chi connectivity index (χ2n) is 8.20. The molecule has 154 valence electrons. The molecular weight excluding hydrogens is 433 g/mol. The van der Waals surface area contributed by atoms with Crippen molar-refractivity contribution in [3.05, 3.63) is 94.0 Å². The first-order chi connectivity index (χ1) is 15.0. The van der Waals surface area contributed by atoms with Crippen LogP contribution in [-0.2, 0) is 14.5 Å². The number of anilines is 1. The van der Waals surface area contributed by atoms with Gasteiger partial charge in [-0.1, -0.05) is 60.1 Å². The van der Waals surface area contributed by atoms with Crippen molar-refractivity contribution in [1.29, 1.82) is 0 Å². The Morgan fingerprint density at radius 1 is 0.903 bits per heavy atom. The summed E-state index contributed by atoms with van der Waals surface area (Å²) >= 11 is 13.6. The molecule has 0 spiro atoms. The van der Waals surface area contributed by atoms with Crippen LogP contribution in [-0.4, -0.2) is 18.9 Å². The van der Waals surface area contributed by atoms with Crippen molar-refractivity contribution >= 4 is 40.7 Å². The van der Waals surface area contributed by atoms with E-state index in [0.717, 1.165) is 22.3 Å². The number of carbonyl (C=O) groups excluding carboxylic acids is 2. The highest BCUT2D eigenvalue weighted by atomic mass is 35.5. The highest BCUT2D eigenvalue weighted by Crippen LogP contribution is 2.66. The van der Waals surface area contributed by atoms with Gasteiger partial charge in [-0.3, -0.25) is 9.59 Å². The van der Waals surface area contributed by atoms with Crippen LogP contribution in [0.3, 0.4) is 0 Å². The Bertz CT molecular complexity index is 1240. The van der Waals surface area contributed by atoms with Crippen molar-refractivity contribution in [3.8, 4) is 5.75 Å². The minimum Gasteiger partial charge on any atom is -0.495 e. The third-order valence-corrected chi connectivity index (χ3v) is 7.77. The number of imide groups is 1. The number of nitrogens with zero attached hydrogens (tertiary/aromatic N) is 1. The molecule has 1 saturated heterocycles. The van der Waals surface area contributed by atoms with Crippen molar-refractivity contribution in [1.82, 2.24) is 0 Å². The van der Waals surface area contributed by atoms with E-state index in [-0.39, 0.29) is 17.7 Å². The van der Waals surface area contributed by atoms with E-state index in [9.17, 15) is 9.59 Å². The number of carbonyl (C=O) groups is 2. The average Bonchev–Trinajstić information content (AvgIpc) is 3.05. The van der Waals surface area contributed by atoms with Crippen molar-refractivity contribution < 1.29 is 14.3 Å². The molecule has 1 fully saturated rings. The SMILES string of the molecule is COc1ccc(Cl)cc1N1C(=O)[C@H]2C3c4ccccc4C(Cl)(c4ccccc43)[C@H]2C1=O. The van der Waals surface area contributed by atoms with Gasteiger partial charge in [-0.2, -0.15) is 0 Å². The van der Waals surface area contributed by atoms with Crippen LogP contribution >= 0.6 is 23.2 Å². The Kier molecular flexibility index (Phi) is 3.87. The van der Waals surface area contributed by atoms with Gasteiger partial charge >= 0.3 is 0 Å². The zero-order chi connectivity index (χ0) is 21.5. The van der Waals surface area contributed by atoms with Crippen molar-refractivity contribution in [2.75, 3.05) is 12.0 Å². The van der Waals surface area contributed by atoms with Crippen molar-refractivity contribution in [2.45, 2.75) is 10.8 Å². The molecule has 0 aromatic heterocycles. The van der Waals surface area contributed by atoms with Crippen LogP contribution in [0.25, 0.3) is 0 Å². The molecule has 0 radical (unpaired) electrons. The fourth-order valence-electron chi connectivity index (χ4n) is 5.75. The van der Waals surface area contributed by atoms with Crippen LogP contribution in [0.5, 0.6) is 5.75 Å². The number of alkyl halides is 1. The topological polar surface area (TPSA) is 46.6 Å². The summed E-state index contributed by atoms with van der Waals surface area (Å²) in [5.41, 5.74) is 4.19. The second-order valence-corrected chi connectivity index (χ2v) is 9.23. The molecule has 31 heavy (non-hydrogen) atoms. The maximum Gasteiger partial charge on any atom is 0.240 e. The van der Waals surface area contributed by atoms with Gasteiger partial charge in [-0.25, -0.2) is 4.90 Å². The number of rotatable bonds is 2. The Morgan fingerprint density at radius 2 is 1.52 bits per heavy atom. The minimum absolute atomic E-state index is 0.232. The predicted molar refractivity (Wildman–Crippen MR) is 119 cm³/mol. The fourth-order valence-corrected chi connectivity index (χ4v) is 6.49. The Morgan fingerprint density at radius 3 is 2.13 bits per heavy atom. The first-order valence-electron chi connectivity index (χ1n) is 10.1. The van der Waals surface area contributed by atoms with Crippen LogP contribution in [0.15, 0.2) is 66.7 Å². The van der Waals surface area contributed by atoms with Crippen molar-refractivity contribution in [2.24, 2.45) is 11.8 Å². The highest BCUT2D eigenvalue weighted by Gasteiger charge is 2.68. The maximum absolute atomic E-state index is 13.9. The summed E-state index contributed by atoms with van der Waals surface area (Å²) in [6.45, 7) is 0. The number of hydrogen-bond donors (Lipinski definition) is 0. The van der Waals surface area contributed by atoms with Crippen molar-refractivity contribution in [3.63, 3.8) is 0 Å². The molecule has 1 aliphatic heterocycles. The molecule has 3 aromatic carbocycles. The van der Waals surface area contributed by atoms with E-state index in [2.05, 4.69) is 0 Å². The van der Waals surface area contributed by atoms with E-state index in [4.69, 9.17) is 27.9 Å². The summed E-state index contributed by atoms with van der Waals surface area (Å²) in [7, 11) is 1.50. The van der Waals surface area contributed by atoms with Gasteiger partial charge in [0.2, 0.25) is 11.8 Å². The summed E-state index contributed by atoms with van der Waals surface area (Å²) in [5.74, 6) is -1.70. The number of halogens is 2. The third kappa shape index (κ3) is 2.22. The van der Waals surface area contributed by atoms with Crippen LogP contribution < -0.4 is 9.64 Å². The van der Waals surface area contributed by atoms with Crippen LogP contribution in [0.4, 0.5) is 5.69 Å². The first-order valence-corrected chi connectivity index (χ1v) is 10.8. The summed E-state index contributed by atoms with van der Waals surface area (Å²) in [4.78, 5) is 27.8. The monoisotopic (exact) mass is 449 g/mol. The molecule has 2 bridgehead atoms. The van der Waals surface area contributed by atoms with Gasteiger partial charge in [0, 0.05) is 10.9 Å². The molecule has 2 atom stereocenters. The zero-order valence-electron chi connectivity index (χ0n) is 16.5. The van der Waals surface area contributed by atoms with Crippen LogP contribution in [0.2, 0.25) is 5.02 Å². The molecule has 6 heteroatoms. The highest BCUT2D eigenvalue weighted by molar-refractivity contribution is 6.34. The number of hydrogen-bond acceptors (Lipinski definition) is 3. The standard InChI is InChI=1S/C25H17Cl2NO3/c1-31-19-11-10-13(26)12-18(19)28-23(29)21-20-14-6-2-4-8-16(14)25(27,22(21)24(28)30)17-9-5-3-7-15(17)20/h2-12,20-22H,1H3/t20?,21-,22+,25?/m0/s1. The lowest BCUT2D eigenvalue weighted by Crippen LogP contribution is -2.50. The molecule has 0 N–H and O–H groups in total. The van der Waals surface area contributed by atoms with Gasteiger partial charge in [-0.05, 0) is 40.5 Å². The Hall–Kier alpha value is -2.82. The van der Waals surface area contributed by atoms with E-state index in [1.165, 1.54) is 12.0 Å². The van der Waals surface area contributed by atoms with Gasteiger partial charge in [0.15, 0.2) is 0 Å². The summed E-state index contributed by atoms with van der Waals surface area (Å²) < 4.78 is 5.44. The number of amides is 2. The minimum atomic E-state index is -1.11. The zero-order valence-corrected chi connectivity index (χ0v) is 18.0. The van der Waals surface area contributed by atoms with Gasteiger partial charge in [0.1, 0.15) is 10.6 Å². The van der Waals surface area contributed by atoms with Gasteiger partial charge in [0.25, 0.3) is 0 Å². The molecule has 4 nitrogen and oxygen atoms in total. The Balaban J connectivity index is 1.62. The molecule has 7 rings (SSSR count). The second kappa shape index (κ2) is 6.35. The molecular formula is C25H17Cl2NO3. The first kappa shape index (κ1) is 18.9. The van der Waals surface area contributed by atoms with Gasteiger partial charge in [-0.15, -0.1) is 11.6 Å².